The molecule has 0 bridgehead atoms. The number of nitro groups is 1. The van der Waals surface area contributed by atoms with Gasteiger partial charge in [0.15, 0.2) is 0 Å². The first-order chi connectivity index (χ1) is 14.5. The zero-order chi connectivity index (χ0) is 21.3. The van der Waals surface area contributed by atoms with Crippen molar-refractivity contribution in [2.24, 2.45) is 0 Å². The third-order valence-corrected chi connectivity index (χ3v) is 4.14. The van der Waals surface area contributed by atoms with Crippen LogP contribution < -0.4 is 20.1 Å². The molecule has 1 atom stereocenters. The van der Waals surface area contributed by atoms with Gasteiger partial charge >= 0.3 is 0 Å². The first-order valence-electron chi connectivity index (χ1n) is 9.43. The molecule has 2 N–H and O–H groups in total. The zero-order valence-electron chi connectivity index (χ0n) is 16.7. The van der Waals surface area contributed by atoms with Crippen LogP contribution in [-0.4, -0.2) is 41.0 Å². The quantitative estimate of drug-likeness (QED) is 0.275. The molecule has 3 aromatic rings. The van der Waals surface area contributed by atoms with Crippen LogP contribution in [0.15, 0.2) is 53.2 Å². The Hall–Kier alpha value is -3.82. The highest BCUT2D eigenvalue weighted by Crippen LogP contribution is 2.27. The summed E-state index contributed by atoms with van der Waals surface area (Å²) in [5, 5.41) is 25.0. The normalized spacial score (nSPS) is 11.5. The summed E-state index contributed by atoms with van der Waals surface area (Å²) in [5.74, 6) is 1.09. The van der Waals surface area contributed by atoms with E-state index in [-0.39, 0.29) is 11.8 Å². The molecule has 10 heteroatoms. The van der Waals surface area contributed by atoms with Gasteiger partial charge in [0, 0.05) is 18.3 Å². The number of hydrogen-bond acceptors (Lipinski definition) is 9. The van der Waals surface area contributed by atoms with Gasteiger partial charge in [-0.25, -0.2) is 4.63 Å². The van der Waals surface area contributed by atoms with Crippen LogP contribution in [0, 0.1) is 17.0 Å². The second-order valence-electron chi connectivity index (χ2n) is 6.54. The molecular formula is C20H23N5O5. The van der Waals surface area contributed by atoms with Crippen LogP contribution in [0.5, 0.6) is 11.6 Å². The number of nitrogens with zero attached hydrogens (tertiary/aromatic N) is 3. The Labute approximate surface area is 173 Å². The molecule has 0 spiro atoms. The number of para-hydroxylation sites is 1. The van der Waals surface area contributed by atoms with Crippen LogP contribution in [0.1, 0.15) is 12.6 Å². The van der Waals surface area contributed by atoms with E-state index in [2.05, 4.69) is 25.6 Å². The molecule has 0 aliphatic carbocycles. The fourth-order valence-corrected chi connectivity index (χ4v) is 2.64. The van der Waals surface area contributed by atoms with E-state index in [1.807, 2.05) is 37.3 Å². The first-order valence-corrected chi connectivity index (χ1v) is 9.43. The predicted molar refractivity (Wildman–Crippen MR) is 111 cm³/mol. The van der Waals surface area contributed by atoms with Gasteiger partial charge in [0.25, 0.3) is 11.6 Å². The van der Waals surface area contributed by atoms with E-state index in [0.29, 0.717) is 37.0 Å². The second kappa shape index (κ2) is 10.1. The van der Waals surface area contributed by atoms with E-state index in [4.69, 9.17) is 9.47 Å². The smallest absolute Gasteiger partial charge is 0.292 e. The van der Waals surface area contributed by atoms with Gasteiger partial charge in [-0.1, -0.05) is 23.4 Å². The molecule has 0 fully saturated rings. The van der Waals surface area contributed by atoms with Crippen LogP contribution in [0.3, 0.4) is 0 Å². The van der Waals surface area contributed by atoms with Gasteiger partial charge in [0.2, 0.25) is 0 Å². The van der Waals surface area contributed by atoms with Crippen LogP contribution in [0.2, 0.25) is 0 Å². The number of benzene rings is 2. The average molecular weight is 413 g/mol. The van der Waals surface area contributed by atoms with Gasteiger partial charge in [-0.15, -0.1) is 0 Å². The molecule has 0 radical (unpaired) electrons. The third kappa shape index (κ3) is 5.84. The number of rotatable bonds is 11. The second-order valence-corrected chi connectivity index (χ2v) is 6.54. The molecule has 0 aliphatic heterocycles. The van der Waals surface area contributed by atoms with Crippen molar-refractivity contribution in [2.45, 2.75) is 20.0 Å². The maximum Gasteiger partial charge on any atom is 0.292 e. The third-order valence-electron chi connectivity index (χ3n) is 4.14. The Bertz CT molecular complexity index is 963. The number of aromatic nitrogens is 2. The Morgan fingerprint density at radius 2 is 1.97 bits per heavy atom. The standard InChI is InChI=1S/C20H23N5O5/c1-14(29-20-15(2)23-30-24-20)13-22-16-8-9-19(25(26)27)18(12-16)21-10-11-28-17-6-4-3-5-7-17/h3-9,12,14,21-22H,10-11,13H2,1-2H3/t14-/m0/s1. The van der Waals surface area contributed by atoms with Crippen molar-refractivity contribution in [1.29, 1.82) is 0 Å². The highest BCUT2D eigenvalue weighted by atomic mass is 16.6. The SMILES string of the molecule is Cc1nonc1O[C@@H](C)CNc1ccc([N+](=O)[O-])c(NCCOc2ccccc2)c1. The molecule has 0 aliphatic rings. The van der Waals surface area contributed by atoms with Gasteiger partial charge in [-0.2, -0.15) is 0 Å². The molecule has 0 unspecified atom stereocenters. The summed E-state index contributed by atoms with van der Waals surface area (Å²) >= 11 is 0. The highest BCUT2D eigenvalue weighted by Gasteiger charge is 2.15. The molecule has 1 aromatic heterocycles. The van der Waals surface area contributed by atoms with E-state index in [0.717, 1.165) is 11.4 Å². The van der Waals surface area contributed by atoms with Crippen molar-refractivity contribution in [3.05, 3.63) is 64.3 Å². The average Bonchev–Trinajstić information content (AvgIpc) is 3.14. The zero-order valence-corrected chi connectivity index (χ0v) is 16.7. The van der Waals surface area contributed by atoms with Crippen molar-refractivity contribution in [1.82, 2.24) is 10.3 Å². The fraction of sp³-hybridized carbons (Fsp3) is 0.300. The Kier molecular flexibility index (Phi) is 7.04. The van der Waals surface area contributed by atoms with Gasteiger partial charge in [0.05, 0.1) is 11.5 Å². The van der Waals surface area contributed by atoms with E-state index in [9.17, 15) is 10.1 Å². The summed E-state index contributed by atoms with van der Waals surface area (Å²) in [4.78, 5) is 10.9. The van der Waals surface area contributed by atoms with Gasteiger partial charge < -0.3 is 20.1 Å². The number of aryl methyl sites for hydroxylation is 1. The van der Waals surface area contributed by atoms with Gasteiger partial charge in [0.1, 0.15) is 29.8 Å². The molecule has 0 saturated heterocycles. The summed E-state index contributed by atoms with van der Waals surface area (Å²) in [7, 11) is 0. The molecule has 0 saturated carbocycles. The van der Waals surface area contributed by atoms with Crippen molar-refractivity contribution >= 4 is 17.1 Å². The lowest BCUT2D eigenvalue weighted by atomic mass is 10.2. The minimum absolute atomic E-state index is 0.00569. The van der Waals surface area contributed by atoms with Crippen LogP contribution in [-0.2, 0) is 0 Å². The fourth-order valence-electron chi connectivity index (χ4n) is 2.64. The lowest BCUT2D eigenvalue weighted by Crippen LogP contribution is -2.23. The molecule has 2 aromatic carbocycles. The summed E-state index contributed by atoms with van der Waals surface area (Å²) in [6.45, 7) is 4.85. The molecular weight excluding hydrogens is 390 g/mol. The number of nitrogens with one attached hydrogen (secondary N) is 2. The van der Waals surface area contributed by atoms with Crippen LogP contribution in [0.4, 0.5) is 17.1 Å². The van der Waals surface area contributed by atoms with Crippen molar-refractivity contribution < 1.29 is 19.0 Å². The number of anilines is 2. The van der Waals surface area contributed by atoms with E-state index >= 15 is 0 Å². The lowest BCUT2D eigenvalue weighted by molar-refractivity contribution is -0.383. The topological polar surface area (TPSA) is 125 Å². The van der Waals surface area contributed by atoms with E-state index in [1.165, 1.54) is 6.07 Å². The lowest BCUT2D eigenvalue weighted by Gasteiger charge is -2.15. The van der Waals surface area contributed by atoms with Gasteiger partial charge in [-0.3, -0.25) is 10.1 Å². The van der Waals surface area contributed by atoms with E-state index < -0.39 is 4.92 Å². The van der Waals surface area contributed by atoms with Crippen LogP contribution in [0.25, 0.3) is 0 Å². The largest absolute Gasteiger partial charge is 0.492 e. The molecule has 3 rings (SSSR count). The van der Waals surface area contributed by atoms with Gasteiger partial charge in [-0.05, 0) is 43.3 Å². The molecule has 30 heavy (non-hydrogen) atoms. The maximum absolute atomic E-state index is 11.3. The monoisotopic (exact) mass is 413 g/mol. The number of nitro benzene ring substituents is 1. The Morgan fingerprint density at radius 3 is 2.67 bits per heavy atom. The number of hydrogen-bond donors (Lipinski definition) is 2. The first kappa shape index (κ1) is 20.9. The summed E-state index contributed by atoms with van der Waals surface area (Å²) in [6, 6.07) is 14.2. The number of ether oxygens (including phenoxy) is 2. The summed E-state index contributed by atoms with van der Waals surface area (Å²) in [5.41, 5.74) is 1.69. The maximum atomic E-state index is 11.3. The van der Waals surface area contributed by atoms with E-state index in [1.54, 1.807) is 19.1 Å². The highest BCUT2D eigenvalue weighted by molar-refractivity contribution is 5.68. The minimum atomic E-state index is -0.420. The Balaban J connectivity index is 1.55. The summed E-state index contributed by atoms with van der Waals surface area (Å²) < 4.78 is 15.9. The Morgan fingerprint density at radius 1 is 1.17 bits per heavy atom. The van der Waals surface area contributed by atoms with Crippen molar-refractivity contribution in [3.8, 4) is 11.6 Å². The predicted octanol–water partition coefficient (Wildman–Crippen LogP) is 3.66. The molecule has 1 heterocycles. The van der Waals surface area contributed by atoms with Crippen molar-refractivity contribution in [2.75, 3.05) is 30.3 Å². The molecule has 0 amide bonds. The van der Waals surface area contributed by atoms with Crippen LogP contribution >= 0.6 is 0 Å². The van der Waals surface area contributed by atoms with Crippen molar-refractivity contribution in [3.63, 3.8) is 0 Å². The molecule has 10 nitrogen and oxygen atoms in total. The molecule has 158 valence electrons. The minimum Gasteiger partial charge on any atom is -0.492 e. The summed E-state index contributed by atoms with van der Waals surface area (Å²) in [6.07, 6.45) is -0.221.